The van der Waals surface area contributed by atoms with Crippen LogP contribution >= 0.6 is 0 Å². The summed E-state index contributed by atoms with van der Waals surface area (Å²) in [6.45, 7) is 13.2. The molecule has 1 fully saturated rings. The maximum absolute atomic E-state index is 12.2. The first kappa shape index (κ1) is 72.3. The molecule has 15 heterocycles. The Morgan fingerprint density at radius 1 is 0.339 bits per heavy atom. The molecule has 11 aliphatic rings. The fraction of sp³-hybridized carbons (Fsp3) is 0.391. The van der Waals surface area contributed by atoms with Crippen LogP contribution in [0.4, 0.5) is 28.4 Å². The molecule has 0 N–H and O–H groups in total. The van der Waals surface area contributed by atoms with Gasteiger partial charge in [0, 0.05) is 127 Å². The van der Waals surface area contributed by atoms with E-state index in [9.17, 15) is 24.0 Å². The van der Waals surface area contributed by atoms with Crippen LogP contribution in [-0.4, -0.2) is 110 Å². The second-order valence-electron chi connectivity index (χ2n) is 32.5. The minimum Gasteiger partial charge on any atom is -0.330 e. The summed E-state index contributed by atoms with van der Waals surface area (Å²) in [6, 6.07) is 35.2. The molecule has 11 aromatic rings. The fourth-order valence-electron chi connectivity index (χ4n) is 20.1. The molecular formula is C92H99N15O5. The van der Waals surface area contributed by atoms with Gasteiger partial charge in [-0.25, -0.2) is 24.9 Å². The Morgan fingerprint density at radius 2 is 0.661 bits per heavy atom. The molecule has 5 aromatic heterocycles. The van der Waals surface area contributed by atoms with Crippen LogP contribution in [0.25, 0.3) is 0 Å². The largest absolute Gasteiger partial charge is 0.330 e. The molecule has 1 saturated carbocycles. The summed E-state index contributed by atoms with van der Waals surface area (Å²) in [5.74, 6) is 2.66. The van der Waals surface area contributed by atoms with Gasteiger partial charge in [0.2, 0.25) is 29.5 Å². The minimum absolute atomic E-state index is 0.108. The van der Waals surface area contributed by atoms with Crippen LogP contribution in [0, 0.1) is 11.8 Å². The summed E-state index contributed by atoms with van der Waals surface area (Å²) in [7, 11) is 0. The lowest BCUT2D eigenvalue weighted by Crippen LogP contribution is -2.33. The molecule has 5 amide bonds. The Balaban J connectivity index is 0.0000000979. The van der Waals surface area contributed by atoms with Crippen molar-refractivity contribution in [1.82, 2.24) is 47.8 Å². The zero-order chi connectivity index (χ0) is 76.3. The van der Waals surface area contributed by atoms with Crippen LogP contribution in [0.5, 0.6) is 0 Å². The normalized spacial score (nSPS) is 18.3. The number of benzene rings is 6. The molecular weight excluding hydrogens is 1400 g/mol. The molecule has 572 valence electrons. The first-order valence-electron chi connectivity index (χ1n) is 41.0. The quantitative estimate of drug-likeness (QED) is 0.0899. The number of carbonyl (C=O) groups excluding carboxylic acids is 5. The zero-order valence-corrected chi connectivity index (χ0v) is 64.8. The minimum atomic E-state index is 0.108. The van der Waals surface area contributed by atoms with Gasteiger partial charge >= 0.3 is 0 Å². The first-order valence-corrected chi connectivity index (χ1v) is 41.0. The van der Waals surface area contributed by atoms with Crippen LogP contribution in [0.3, 0.4) is 0 Å². The van der Waals surface area contributed by atoms with Gasteiger partial charge in [0.1, 0.15) is 0 Å². The highest BCUT2D eigenvalue weighted by atomic mass is 16.2. The Hall–Kier alpha value is -11.3. The molecule has 5 unspecified atom stereocenters. The highest BCUT2D eigenvalue weighted by Gasteiger charge is 2.40. The van der Waals surface area contributed by atoms with Gasteiger partial charge in [0.25, 0.3) is 0 Å². The molecule has 0 saturated heterocycles. The lowest BCUT2D eigenvalue weighted by atomic mass is 9.89. The van der Waals surface area contributed by atoms with E-state index in [1.807, 2.05) is 112 Å². The van der Waals surface area contributed by atoms with Crippen molar-refractivity contribution in [1.29, 1.82) is 0 Å². The SMILES string of the molecule is CC(C)C(c1cc2c3c(c1)CCN3C(=O)CC2)n1ccnc1.CCC(c1cc2c3c(c1)CCN3C(=O)CC2)n1ccnc1.CCCC(c1cc2c3c(c1)CCN3C(=O)CC2)n1ccnc1.O=C1CCc2cc(C(C3CC3)n3ccnc3)cc3c2N1CC3.O=C1CCc2cc(C(c3ccccc3)n3ccnc3)cc3c2N1CC3. The van der Waals surface area contributed by atoms with Crippen LogP contribution in [0.1, 0.15) is 211 Å². The van der Waals surface area contributed by atoms with Crippen molar-refractivity contribution in [3.05, 3.63) is 274 Å². The third kappa shape index (κ3) is 13.8. The van der Waals surface area contributed by atoms with E-state index in [-0.39, 0.29) is 23.8 Å². The van der Waals surface area contributed by atoms with Crippen molar-refractivity contribution in [3.8, 4) is 0 Å². The lowest BCUT2D eigenvalue weighted by molar-refractivity contribution is -0.119. The molecule has 10 aliphatic heterocycles. The van der Waals surface area contributed by atoms with Crippen molar-refractivity contribution in [2.75, 3.05) is 57.2 Å². The van der Waals surface area contributed by atoms with Crippen molar-refractivity contribution in [2.45, 2.75) is 186 Å². The number of imidazole rings is 5. The summed E-state index contributed by atoms with van der Waals surface area (Å²) in [5, 5.41) is 0. The number of carbonyl (C=O) groups is 5. The Kier molecular flexibility index (Phi) is 19.9. The molecule has 22 rings (SSSR count). The van der Waals surface area contributed by atoms with Gasteiger partial charge in [-0.2, -0.15) is 0 Å². The summed E-state index contributed by atoms with van der Waals surface area (Å²) in [6.07, 6.45) is 47.4. The van der Waals surface area contributed by atoms with E-state index in [1.54, 1.807) is 0 Å². The van der Waals surface area contributed by atoms with E-state index in [0.717, 1.165) is 122 Å². The number of hydrogen-bond donors (Lipinski definition) is 0. The number of aromatic nitrogens is 10. The smallest absolute Gasteiger partial charge is 0.227 e. The van der Waals surface area contributed by atoms with Gasteiger partial charge in [-0.15, -0.1) is 0 Å². The van der Waals surface area contributed by atoms with E-state index in [4.69, 9.17) is 0 Å². The zero-order valence-electron chi connectivity index (χ0n) is 64.8. The van der Waals surface area contributed by atoms with Crippen molar-refractivity contribution < 1.29 is 24.0 Å². The fourth-order valence-corrected chi connectivity index (χ4v) is 20.1. The Labute approximate surface area is 655 Å². The van der Waals surface area contributed by atoms with Gasteiger partial charge < -0.3 is 47.3 Å². The molecule has 0 spiro atoms. The summed E-state index contributed by atoms with van der Waals surface area (Å²) in [5.41, 5.74) is 27.4. The highest BCUT2D eigenvalue weighted by Crippen LogP contribution is 2.49. The molecule has 20 nitrogen and oxygen atoms in total. The van der Waals surface area contributed by atoms with E-state index in [2.05, 4.69) is 173 Å². The predicted octanol–water partition coefficient (Wildman–Crippen LogP) is 14.9. The lowest BCUT2D eigenvalue weighted by Gasteiger charge is -2.28. The molecule has 1 aliphatic carbocycles. The van der Waals surface area contributed by atoms with Crippen LogP contribution < -0.4 is 24.5 Å². The van der Waals surface area contributed by atoms with Crippen LogP contribution in [0.15, 0.2) is 185 Å². The standard InChI is InChI=1S/C21H19N3O.C18H19N3O.2C18H21N3O.C17H19N3O/c25-19-7-6-16-12-18(13-17-8-10-24(19)21(16)17)20(23-11-9-22-14-23)15-4-2-1-3-5-15;22-16-4-3-13-9-15(10-14-5-7-21(16)18(13)14)17(12-1-2-12)20-8-6-19-11-20;1-12(2)17(20-8-6-19-11-20)15-9-13-3-4-16(22)21-7-5-14(10-15)18(13)21;1-2-3-16(20-9-7-19-12-20)15-10-13-4-5-17(22)21-8-6-14(11-15)18(13)21;1-2-15(19-8-6-18-11-19)14-9-12-3-4-16(21)20-7-5-13(10-14)17(12)20/h1-5,9,11-14,20H,6-8,10H2;6,8-12,17H,1-5,7H2;6,8-12,17H,3-5,7H2,1-2H3;7,9-12,16H,2-6,8H2,1H3;6,8-11,15H,2-5,7H2,1H3. The summed E-state index contributed by atoms with van der Waals surface area (Å²) < 4.78 is 11.0. The maximum atomic E-state index is 12.2. The topological polar surface area (TPSA) is 191 Å². The molecule has 5 atom stereocenters. The van der Waals surface area contributed by atoms with Gasteiger partial charge in [-0.1, -0.05) is 125 Å². The van der Waals surface area contributed by atoms with Gasteiger partial charge in [0.15, 0.2) is 0 Å². The van der Waals surface area contributed by atoms with Crippen LogP contribution in [-0.2, 0) is 88.2 Å². The maximum Gasteiger partial charge on any atom is 0.227 e. The van der Waals surface area contributed by atoms with Gasteiger partial charge in [-0.05, 0) is 191 Å². The molecule has 0 bridgehead atoms. The molecule has 6 aromatic carbocycles. The monoisotopic (exact) mass is 1490 g/mol. The predicted molar refractivity (Wildman–Crippen MR) is 434 cm³/mol. The molecule has 0 radical (unpaired) electrons. The van der Waals surface area contributed by atoms with Gasteiger partial charge in [0.05, 0.1) is 90.3 Å². The van der Waals surface area contributed by atoms with Crippen molar-refractivity contribution >= 4 is 58.0 Å². The van der Waals surface area contributed by atoms with E-state index < -0.39 is 0 Å². The Bertz CT molecular complexity index is 5200. The third-order valence-electron chi connectivity index (χ3n) is 25.2. The molecule has 112 heavy (non-hydrogen) atoms. The highest BCUT2D eigenvalue weighted by molar-refractivity contribution is 6.02. The second-order valence-corrected chi connectivity index (χ2v) is 32.5. The average molecular weight is 1490 g/mol. The van der Waals surface area contributed by atoms with Crippen molar-refractivity contribution in [3.63, 3.8) is 0 Å². The number of aryl methyl sites for hydroxylation is 5. The van der Waals surface area contributed by atoms with E-state index >= 15 is 0 Å². The summed E-state index contributed by atoms with van der Waals surface area (Å²) >= 11 is 0. The van der Waals surface area contributed by atoms with Gasteiger partial charge in [-0.3, -0.25) is 24.0 Å². The van der Waals surface area contributed by atoms with E-state index in [0.29, 0.717) is 74.0 Å². The van der Waals surface area contributed by atoms with Crippen molar-refractivity contribution in [2.24, 2.45) is 11.8 Å². The summed E-state index contributed by atoms with van der Waals surface area (Å²) in [4.78, 5) is 91.3. The second kappa shape index (κ2) is 30.8. The van der Waals surface area contributed by atoms with E-state index in [1.165, 1.54) is 130 Å². The number of rotatable bonds is 16. The number of nitrogens with zero attached hydrogens (tertiary/aromatic N) is 15. The number of hydrogen-bond acceptors (Lipinski definition) is 10. The Morgan fingerprint density at radius 3 is 1.01 bits per heavy atom. The van der Waals surface area contributed by atoms with Crippen LogP contribution in [0.2, 0.25) is 0 Å². The third-order valence-corrected chi connectivity index (χ3v) is 25.2. The molecule has 20 heteroatoms. The number of anilines is 5. The first-order chi connectivity index (χ1) is 54.8. The average Bonchev–Trinajstić information content (AvgIpc) is 1.59. The number of amides is 5.